The summed E-state index contributed by atoms with van der Waals surface area (Å²) < 4.78 is 29.2. The number of aryl methyl sites for hydroxylation is 1. The van der Waals surface area contributed by atoms with Crippen LogP contribution in [0.15, 0.2) is 64.1 Å². The lowest BCUT2D eigenvalue weighted by Gasteiger charge is -2.16. The Kier molecular flexibility index (Phi) is 8.79. The number of nitrogens with one attached hydrogen (secondary N) is 3. The van der Waals surface area contributed by atoms with Crippen LogP contribution in [0.2, 0.25) is 0 Å². The Bertz CT molecular complexity index is 1170. The minimum Gasteiger partial charge on any atom is -0.394 e. The first-order valence-corrected chi connectivity index (χ1v) is 12.9. The fourth-order valence-electron chi connectivity index (χ4n) is 3.15. The first kappa shape index (κ1) is 25.1. The van der Waals surface area contributed by atoms with Gasteiger partial charge < -0.3 is 15.7 Å². The molecule has 0 spiro atoms. The average molecular weight is 534 g/mol. The molecule has 0 aliphatic rings. The van der Waals surface area contributed by atoms with Crippen LogP contribution in [-0.2, 0) is 16.4 Å². The SMILES string of the molecule is CC[C@H](CO)Nc1nc(Nc2ccc(C)c(S(=O)(=O)NCCc3ccccc3)c2)ncc1Br. The number of hydrogen-bond donors (Lipinski definition) is 4. The van der Waals surface area contributed by atoms with Gasteiger partial charge in [0.05, 0.1) is 22.0 Å². The van der Waals surface area contributed by atoms with Gasteiger partial charge in [-0.1, -0.05) is 43.3 Å². The highest BCUT2D eigenvalue weighted by molar-refractivity contribution is 9.10. The van der Waals surface area contributed by atoms with Crippen molar-refractivity contribution in [2.75, 3.05) is 23.8 Å². The van der Waals surface area contributed by atoms with Crippen LogP contribution in [0.25, 0.3) is 0 Å². The molecule has 0 aliphatic heterocycles. The monoisotopic (exact) mass is 533 g/mol. The van der Waals surface area contributed by atoms with E-state index in [4.69, 9.17) is 0 Å². The van der Waals surface area contributed by atoms with Gasteiger partial charge in [-0.15, -0.1) is 0 Å². The predicted molar refractivity (Wildman–Crippen MR) is 134 cm³/mol. The van der Waals surface area contributed by atoms with Crippen molar-refractivity contribution < 1.29 is 13.5 Å². The topological polar surface area (TPSA) is 116 Å². The van der Waals surface area contributed by atoms with Crippen LogP contribution in [0.5, 0.6) is 0 Å². The molecule has 33 heavy (non-hydrogen) atoms. The molecule has 0 aliphatic carbocycles. The van der Waals surface area contributed by atoms with E-state index in [0.717, 1.165) is 12.0 Å². The number of hydrogen-bond acceptors (Lipinski definition) is 7. The minimum absolute atomic E-state index is 0.0217. The van der Waals surface area contributed by atoms with E-state index < -0.39 is 10.0 Å². The fourth-order valence-corrected chi connectivity index (χ4v) is 4.75. The lowest BCUT2D eigenvalue weighted by Crippen LogP contribution is -2.26. The van der Waals surface area contributed by atoms with Gasteiger partial charge in [-0.2, -0.15) is 4.98 Å². The quantitative estimate of drug-likeness (QED) is 0.294. The third kappa shape index (κ3) is 6.97. The minimum atomic E-state index is -3.69. The normalized spacial score (nSPS) is 12.4. The number of aliphatic hydroxyl groups excluding tert-OH is 1. The summed E-state index contributed by atoms with van der Waals surface area (Å²) in [5.41, 5.74) is 2.25. The molecule has 0 amide bonds. The molecule has 1 heterocycles. The Morgan fingerprint density at radius 1 is 1.15 bits per heavy atom. The summed E-state index contributed by atoms with van der Waals surface area (Å²) in [6, 6.07) is 14.7. The van der Waals surface area contributed by atoms with Gasteiger partial charge in [0.1, 0.15) is 5.82 Å². The van der Waals surface area contributed by atoms with Crippen LogP contribution in [0.4, 0.5) is 17.5 Å². The van der Waals surface area contributed by atoms with Gasteiger partial charge in [-0.05, 0) is 59.0 Å². The molecule has 176 valence electrons. The summed E-state index contributed by atoms with van der Waals surface area (Å²) in [7, 11) is -3.69. The smallest absolute Gasteiger partial charge is 0.240 e. The molecule has 0 bridgehead atoms. The van der Waals surface area contributed by atoms with E-state index in [0.29, 0.717) is 40.5 Å². The number of benzene rings is 2. The molecular weight excluding hydrogens is 506 g/mol. The van der Waals surface area contributed by atoms with E-state index in [2.05, 4.69) is 41.3 Å². The van der Waals surface area contributed by atoms with E-state index >= 15 is 0 Å². The van der Waals surface area contributed by atoms with Crippen molar-refractivity contribution in [3.8, 4) is 0 Å². The predicted octanol–water partition coefficient (Wildman–Crippen LogP) is 3.99. The Labute approximate surface area is 203 Å². The molecular formula is C23H28BrN5O3S. The van der Waals surface area contributed by atoms with E-state index in [1.54, 1.807) is 31.3 Å². The van der Waals surface area contributed by atoms with E-state index in [1.807, 2.05) is 37.3 Å². The molecule has 1 aromatic heterocycles. The molecule has 0 saturated heterocycles. The number of anilines is 3. The van der Waals surface area contributed by atoms with Crippen molar-refractivity contribution in [2.45, 2.75) is 37.6 Å². The highest BCUT2D eigenvalue weighted by Crippen LogP contribution is 2.25. The molecule has 0 fully saturated rings. The van der Waals surface area contributed by atoms with Crippen molar-refractivity contribution >= 4 is 43.4 Å². The molecule has 0 saturated carbocycles. The van der Waals surface area contributed by atoms with E-state index in [9.17, 15) is 13.5 Å². The maximum Gasteiger partial charge on any atom is 0.240 e. The molecule has 3 aromatic rings. The van der Waals surface area contributed by atoms with Crippen LogP contribution in [0.1, 0.15) is 24.5 Å². The summed E-state index contributed by atoms with van der Waals surface area (Å²) >= 11 is 3.41. The zero-order valence-electron chi connectivity index (χ0n) is 18.5. The third-order valence-electron chi connectivity index (χ3n) is 5.08. The highest BCUT2D eigenvalue weighted by atomic mass is 79.9. The first-order valence-electron chi connectivity index (χ1n) is 10.6. The van der Waals surface area contributed by atoms with E-state index in [-0.39, 0.29) is 17.5 Å². The van der Waals surface area contributed by atoms with Crippen LogP contribution in [-0.4, -0.2) is 42.7 Å². The highest BCUT2D eigenvalue weighted by Gasteiger charge is 2.18. The van der Waals surface area contributed by atoms with Gasteiger partial charge in [0.15, 0.2) is 0 Å². The zero-order valence-corrected chi connectivity index (χ0v) is 20.9. The molecule has 0 radical (unpaired) electrons. The third-order valence-corrected chi connectivity index (χ3v) is 7.26. The van der Waals surface area contributed by atoms with Crippen molar-refractivity contribution in [1.82, 2.24) is 14.7 Å². The van der Waals surface area contributed by atoms with Gasteiger partial charge in [-0.3, -0.25) is 0 Å². The lowest BCUT2D eigenvalue weighted by atomic mass is 10.2. The van der Waals surface area contributed by atoms with Crippen LogP contribution in [0.3, 0.4) is 0 Å². The zero-order chi connectivity index (χ0) is 23.8. The summed E-state index contributed by atoms with van der Waals surface area (Å²) in [5, 5.41) is 15.7. The van der Waals surface area contributed by atoms with Crippen molar-refractivity contribution in [2.24, 2.45) is 0 Å². The van der Waals surface area contributed by atoms with Gasteiger partial charge >= 0.3 is 0 Å². The summed E-state index contributed by atoms with van der Waals surface area (Å²) in [5.74, 6) is 0.841. The molecule has 8 nitrogen and oxygen atoms in total. The second kappa shape index (κ2) is 11.6. The number of aromatic nitrogens is 2. The standard InChI is InChI=1S/C23H28BrN5O3S/c1-3-18(15-30)27-22-20(24)14-25-23(29-22)28-19-10-9-16(2)21(13-19)33(31,32)26-12-11-17-7-5-4-6-8-17/h4-10,13-14,18,26,30H,3,11-12,15H2,1-2H3,(H2,25,27,28,29)/t18-/m1/s1. The Hall–Kier alpha value is -2.53. The summed E-state index contributed by atoms with van der Waals surface area (Å²) in [6.07, 6.45) is 2.93. The Morgan fingerprint density at radius 3 is 2.61 bits per heavy atom. The van der Waals surface area contributed by atoms with E-state index in [1.165, 1.54) is 0 Å². The first-order chi connectivity index (χ1) is 15.8. The number of sulfonamides is 1. The second-order valence-electron chi connectivity index (χ2n) is 7.56. The summed E-state index contributed by atoms with van der Waals surface area (Å²) in [4.78, 5) is 8.89. The average Bonchev–Trinajstić information content (AvgIpc) is 2.81. The van der Waals surface area contributed by atoms with Gasteiger partial charge in [0, 0.05) is 18.4 Å². The Balaban J connectivity index is 1.74. The van der Waals surface area contributed by atoms with Crippen molar-refractivity contribution in [3.63, 3.8) is 0 Å². The van der Waals surface area contributed by atoms with Crippen molar-refractivity contribution in [1.29, 1.82) is 0 Å². The van der Waals surface area contributed by atoms with Gasteiger partial charge in [0.2, 0.25) is 16.0 Å². The van der Waals surface area contributed by atoms with Crippen LogP contribution < -0.4 is 15.4 Å². The maximum atomic E-state index is 12.9. The lowest BCUT2D eigenvalue weighted by molar-refractivity contribution is 0.271. The molecule has 2 aromatic carbocycles. The van der Waals surface area contributed by atoms with Gasteiger partial charge in [0.25, 0.3) is 0 Å². The number of nitrogens with zero attached hydrogens (tertiary/aromatic N) is 2. The largest absolute Gasteiger partial charge is 0.394 e. The Morgan fingerprint density at radius 2 is 1.91 bits per heavy atom. The molecule has 1 atom stereocenters. The number of rotatable bonds is 11. The van der Waals surface area contributed by atoms with Gasteiger partial charge in [-0.25, -0.2) is 18.1 Å². The summed E-state index contributed by atoms with van der Waals surface area (Å²) in [6.45, 7) is 4.00. The van der Waals surface area contributed by atoms with Crippen LogP contribution in [0, 0.1) is 6.92 Å². The van der Waals surface area contributed by atoms with Crippen molar-refractivity contribution in [3.05, 3.63) is 70.3 Å². The molecule has 10 heteroatoms. The maximum absolute atomic E-state index is 12.9. The van der Waals surface area contributed by atoms with Crippen LogP contribution >= 0.6 is 15.9 Å². The molecule has 3 rings (SSSR count). The number of aliphatic hydroxyl groups is 1. The molecule has 0 unspecified atom stereocenters. The number of halogens is 1. The fraction of sp³-hybridized carbons (Fsp3) is 0.304. The molecule has 4 N–H and O–H groups in total. The second-order valence-corrected chi connectivity index (χ2v) is 10.2.